The van der Waals surface area contributed by atoms with Crippen LogP contribution in [0.25, 0.3) is 0 Å². The molecule has 0 aromatic rings. The lowest BCUT2D eigenvalue weighted by atomic mass is 10.5. The number of amides is 1. The summed E-state index contributed by atoms with van der Waals surface area (Å²) in [5.74, 6) is 4.34. The topological polar surface area (TPSA) is 40.9 Å². The zero-order valence-corrected chi connectivity index (χ0v) is 4.56. The van der Waals surface area contributed by atoms with Crippen molar-refractivity contribution in [1.82, 2.24) is 5.73 Å². The van der Waals surface area contributed by atoms with Crippen LogP contribution in [-0.4, -0.2) is 5.91 Å². The number of carbonyl (C=O) groups is 1. The highest BCUT2D eigenvalue weighted by molar-refractivity contribution is 5.85. The summed E-state index contributed by atoms with van der Waals surface area (Å²) in [7, 11) is 0. The van der Waals surface area contributed by atoms with E-state index < -0.39 is 5.91 Å². The molecule has 0 fully saturated rings. The molecule has 1 radical (unpaired) electrons. The molecule has 0 heterocycles. The van der Waals surface area contributed by atoms with Gasteiger partial charge >= 0.3 is 0 Å². The Bertz CT molecular complexity index is 159. The largest absolute Gasteiger partial charge is 0.268 e. The smallest absolute Gasteiger partial charge is 0.263 e. The van der Waals surface area contributed by atoms with Gasteiger partial charge in [-0.15, -0.1) is 5.92 Å². The first-order valence-corrected chi connectivity index (χ1v) is 2.11. The van der Waals surface area contributed by atoms with Gasteiger partial charge in [-0.1, -0.05) is 5.92 Å². The maximum Gasteiger partial charge on any atom is 0.263 e. The predicted octanol–water partition coefficient (Wildman–Crippen LogP) is 0.375. The van der Waals surface area contributed by atoms with Gasteiger partial charge in [-0.2, -0.15) is 0 Å². The third-order valence-electron chi connectivity index (χ3n) is 0.462. The van der Waals surface area contributed by atoms with Crippen molar-refractivity contribution in [2.24, 2.45) is 0 Å². The third kappa shape index (κ3) is 4.77. The zero-order valence-electron chi connectivity index (χ0n) is 4.56. The summed E-state index contributed by atoms with van der Waals surface area (Å²) in [5.41, 5.74) is 6.36. The highest BCUT2D eigenvalue weighted by Gasteiger charge is 1.77. The maximum absolute atomic E-state index is 9.83. The fraction of sp³-hybridized carbons (Fsp3) is 0.167. The fourth-order valence-corrected chi connectivity index (χ4v) is 0.201. The fourth-order valence-electron chi connectivity index (χ4n) is 0.201. The molecule has 2 nitrogen and oxygen atoms in total. The number of nitrogens with one attached hydrogen (secondary N) is 1. The lowest BCUT2D eigenvalue weighted by Gasteiger charge is -1.68. The highest BCUT2D eigenvalue weighted by Crippen LogP contribution is 1.66. The Hall–Kier alpha value is -1.23. The van der Waals surface area contributed by atoms with Gasteiger partial charge < -0.3 is 0 Å². The summed E-state index contributed by atoms with van der Waals surface area (Å²) in [6.45, 7) is 1.67. The van der Waals surface area contributed by atoms with E-state index in [4.69, 9.17) is 5.73 Å². The summed E-state index contributed by atoms with van der Waals surface area (Å²) >= 11 is 0. The van der Waals surface area contributed by atoms with Crippen LogP contribution < -0.4 is 5.73 Å². The molecule has 1 amide bonds. The van der Waals surface area contributed by atoms with Crippen LogP contribution in [0, 0.1) is 11.8 Å². The molecule has 0 saturated heterocycles. The second-order valence-corrected chi connectivity index (χ2v) is 1.09. The van der Waals surface area contributed by atoms with Gasteiger partial charge in [0.2, 0.25) is 0 Å². The van der Waals surface area contributed by atoms with Gasteiger partial charge in [0.1, 0.15) is 0 Å². The minimum atomic E-state index is -0.715. The minimum Gasteiger partial charge on any atom is -0.268 e. The lowest BCUT2D eigenvalue weighted by Crippen LogP contribution is -1.88. The van der Waals surface area contributed by atoms with E-state index in [1.807, 2.05) is 0 Å². The minimum absolute atomic E-state index is 0.715. The monoisotopic (exact) mass is 108 g/mol. The van der Waals surface area contributed by atoms with Crippen molar-refractivity contribution in [2.45, 2.75) is 6.92 Å². The van der Waals surface area contributed by atoms with Crippen LogP contribution in [0.3, 0.4) is 0 Å². The van der Waals surface area contributed by atoms with Gasteiger partial charge in [-0.3, -0.25) is 10.5 Å². The van der Waals surface area contributed by atoms with Crippen LogP contribution >= 0.6 is 0 Å². The molecular formula is C6H6NO. The second-order valence-electron chi connectivity index (χ2n) is 1.09. The van der Waals surface area contributed by atoms with Crippen LogP contribution in [-0.2, 0) is 4.79 Å². The molecular weight excluding hydrogens is 102 g/mol. The zero-order chi connectivity index (χ0) is 6.41. The van der Waals surface area contributed by atoms with E-state index in [1.165, 1.54) is 6.08 Å². The summed E-state index contributed by atoms with van der Waals surface area (Å²) in [6.07, 6.45) is 2.46. The van der Waals surface area contributed by atoms with Crippen molar-refractivity contribution >= 4 is 5.91 Å². The van der Waals surface area contributed by atoms with E-state index in [9.17, 15) is 4.79 Å². The number of carbonyl (C=O) groups excluding carboxylic acids is 1. The van der Waals surface area contributed by atoms with Gasteiger partial charge in [-0.05, 0) is 13.0 Å². The van der Waals surface area contributed by atoms with Crippen LogP contribution in [0.5, 0.6) is 0 Å². The van der Waals surface area contributed by atoms with Crippen molar-refractivity contribution in [3.8, 4) is 11.8 Å². The van der Waals surface area contributed by atoms with E-state index >= 15 is 0 Å². The number of hydrogen-bond acceptors (Lipinski definition) is 1. The van der Waals surface area contributed by atoms with E-state index in [2.05, 4.69) is 11.8 Å². The van der Waals surface area contributed by atoms with E-state index in [0.29, 0.717) is 0 Å². The van der Waals surface area contributed by atoms with E-state index in [1.54, 1.807) is 6.92 Å². The quantitative estimate of drug-likeness (QED) is 0.353. The molecule has 8 heavy (non-hydrogen) atoms. The first-order chi connectivity index (χ1) is 3.77. The Kier molecular flexibility index (Phi) is 3.34. The van der Waals surface area contributed by atoms with Gasteiger partial charge in [0.25, 0.3) is 5.91 Å². The third-order valence-corrected chi connectivity index (χ3v) is 0.462. The number of rotatable bonds is 1. The van der Waals surface area contributed by atoms with Crippen molar-refractivity contribution in [3.63, 3.8) is 0 Å². The lowest BCUT2D eigenvalue weighted by molar-refractivity contribution is -0.114. The van der Waals surface area contributed by atoms with Crippen molar-refractivity contribution < 1.29 is 4.79 Å². The molecule has 0 aliphatic heterocycles. The Labute approximate surface area is 48.4 Å². The van der Waals surface area contributed by atoms with E-state index in [0.717, 1.165) is 6.08 Å². The second kappa shape index (κ2) is 3.94. The molecule has 41 valence electrons. The predicted molar refractivity (Wildman–Crippen MR) is 30.7 cm³/mol. The van der Waals surface area contributed by atoms with Crippen LogP contribution in [0.1, 0.15) is 6.92 Å². The molecule has 0 aliphatic carbocycles. The van der Waals surface area contributed by atoms with Gasteiger partial charge in [-0.25, -0.2) is 0 Å². The molecule has 0 rings (SSSR count). The first-order valence-electron chi connectivity index (χ1n) is 2.11. The molecule has 0 atom stereocenters. The van der Waals surface area contributed by atoms with Gasteiger partial charge in [0, 0.05) is 6.08 Å². The molecule has 0 aromatic carbocycles. The van der Waals surface area contributed by atoms with Crippen LogP contribution in [0.15, 0.2) is 12.2 Å². The summed E-state index contributed by atoms with van der Waals surface area (Å²) in [6, 6.07) is 0. The standard InChI is InChI=1S/C6H6NO/c1-2-3-4-5-6(7)8/h4-5,7H,1H3. The van der Waals surface area contributed by atoms with Crippen molar-refractivity contribution in [3.05, 3.63) is 12.2 Å². The Morgan fingerprint density at radius 2 is 2.38 bits per heavy atom. The molecule has 0 saturated carbocycles. The Balaban J connectivity index is 3.61. The normalized spacial score (nSPS) is 8.12. The molecule has 1 N–H and O–H groups in total. The first kappa shape index (κ1) is 6.77. The van der Waals surface area contributed by atoms with Gasteiger partial charge in [0.15, 0.2) is 0 Å². The summed E-state index contributed by atoms with van der Waals surface area (Å²) in [5, 5.41) is 0. The number of hydrogen-bond donors (Lipinski definition) is 0. The van der Waals surface area contributed by atoms with Gasteiger partial charge in [0.05, 0.1) is 0 Å². The molecule has 2 heteroatoms. The summed E-state index contributed by atoms with van der Waals surface area (Å²) < 4.78 is 0. The number of allylic oxidation sites excluding steroid dienone is 1. The van der Waals surface area contributed by atoms with E-state index in [-0.39, 0.29) is 0 Å². The Morgan fingerprint density at radius 3 is 2.75 bits per heavy atom. The molecule has 0 spiro atoms. The van der Waals surface area contributed by atoms with Crippen LogP contribution in [0.2, 0.25) is 0 Å². The molecule has 0 bridgehead atoms. The SMILES string of the molecule is CC#CC=CC([NH])=O. The average molecular weight is 108 g/mol. The molecule has 0 aliphatic rings. The average Bonchev–Trinajstić information content (AvgIpc) is 1.66. The summed E-state index contributed by atoms with van der Waals surface area (Å²) in [4.78, 5) is 9.83. The highest BCUT2D eigenvalue weighted by atomic mass is 16.1. The van der Waals surface area contributed by atoms with Crippen LogP contribution in [0.4, 0.5) is 0 Å². The maximum atomic E-state index is 9.83. The Morgan fingerprint density at radius 1 is 1.75 bits per heavy atom. The molecule has 0 unspecified atom stereocenters. The van der Waals surface area contributed by atoms with Crippen molar-refractivity contribution in [2.75, 3.05) is 0 Å². The molecule has 0 aromatic heterocycles. The van der Waals surface area contributed by atoms with Crippen molar-refractivity contribution in [1.29, 1.82) is 0 Å².